The predicted molar refractivity (Wildman–Crippen MR) is 110 cm³/mol. The van der Waals surface area contributed by atoms with Gasteiger partial charge in [-0.15, -0.1) is 12.6 Å². The molecule has 2 aromatic rings. The molecule has 0 spiro atoms. The number of halogens is 1. The molecule has 0 saturated carbocycles. The van der Waals surface area contributed by atoms with E-state index in [0.717, 1.165) is 34.5 Å². The number of benzene rings is 2. The van der Waals surface area contributed by atoms with Crippen molar-refractivity contribution in [2.75, 3.05) is 18.0 Å². The van der Waals surface area contributed by atoms with Crippen molar-refractivity contribution >= 4 is 52.0 Å². The summed E-state index contributed by atoms with van der Waals surface area (Å²) < 4.78 is 0.967. The van der Waals surface area contributed by atoms with Gasteiger partial charge in [-0.3, -0.25) is 0 Å². The summed E-state index contributed by atoms with van der Waals surface area (Å²) in [5, 5.41) is 4.97. The Morgan fingerprint density at radius 2 is 1.79 bits per heavy atom. The van der Waals surface area contributed by atoms with Crippen molar-refractivity contribution in [3.8, 4) is 0 Å². The van der Waals surface area contributed by atoms with Gasteiger partial charge < -0.3 is 10.2 Å². The minimum absolute atomic E-state index is 0.882. The topological polar surface area (TPSA) is 27.6 Å². The van der Waals surface area contributed by atoms with Crippen LogP contribution in [0.15, 0.2) is 63.4 Å². The van der Waals surface area contributed by atoms with E-state index in [-0.39, 0.29) is 0 Å². The Bertz CT molecular complexity index is 735. The summed E-state index contributed by atoms with van der Waals surface area (Å²) in [7, 11) is 0. The van der Waals surface area contributed by atoms with Gasteiger partial charge in [0, 0.05) is 23.2 Å². The lowest BCUT2D eigenvalue weighted by molar-refractivity contribution is 0.949. The highest BCUT2D eigenvalue weighted by Gasteiger charge is 2.12. The number of aliphatic imine (C=N–C) groups is 1. The maximum absolute atomic E-state index is 4.43. The van der Waals surface area contributed by atoms with Gasteiger partial charge in [-0.05, 0) is 64.0 Å². The van der Waals surface area contributed by atoms with Crippen LogP contribution in [0, 0.1) is 0 Å². The molecule has 0 amide bonds. The van der Waals surface area contributed by atoms with Crippen molar-refractivity contribution in [1.82, 2.24) is 5.32 Å². The van der Waals surface area contributed by atoms with Gasteiger partial charge in [-0.25, -0.2) is 4.99 Å². The minimum Gasteiger partial charge on any atom is -0.372 e. The van der Waals surface area contributed by atoms with Crippen LogP contribution in [-0.4, -0.2) is 19.4 Å². The zero-order valence-corrected chi connectivity index (χ0v) is 15.8. The standard InChI is InChI=1S/C19H20BrN3S/c20-17-5-1-2-6-18(17)21-14-22-19(13-24)15-7-9-16(10-8-15)23-11-3-4-12-23/h1-2,5-10,13-14,24H,3-4,11-12H2,(H,21,22)/b19-13-. The maximum Gasteiger partial charge on any atom is 0.0931 e. The summed E-state index contributed by atoms with van der Waals surface area (Å²) in [6.07, 6.45) is 4.27. The second-order valence-electron chi connectivity index (χ2n) is 5.64. The average Bonchev–Trinajstić information content (AvgIpc) is 3.15. The van der Waals surface area contributed by atoms with Crippen LogP contribution in [0.2, 0.25) is 0 Å². The van der Waals surface area contributed by atoms with Crippen molar-refractivity contribution in [2.45, 2.75) is 12.8 Å². The lowest BCUT2D eigenvalue weighted by Gasteiger charge is -2.18. The molecule has 3 rings (SSSR count). The molecule has 1 fully saturated rings. The number of hydrogen-bond donors (Lipinski definition) is 2. The van der Waals surface area contributed by atoms with E-state index in [4.69, 9.17) is 0 Å². The number of rotatable bonds is 5. The quantitative estimate of drug-likeness (QED) is 0.407. The summed E-state index contributed by atoms with van der Waals surface area (Å²) in [6, 6.07) is 16.4. The van der Waals surface area contributed by atoms with Crippen LogP contribution in [0.5, 0.6) is 0 Å². The van der Waals surface area contributed by atoms with Gasteiger partial charge in [0.2, 0.25) is 0 Å². The molecule has 0 aliphatic carbocycles. The van der Waals surface area contributed by atoms with Crippen molar-refractivity contribution in [2.24, 2.45) is 4.99 Å². The number of nitrogens with one attached hydrogen (secondary N) is 1. The van der Waals surface area contributed by atoms with Crippen LogP contribution in [0.3, 0.4) is 0 Å². The normalized spacial score (nSPS) is 15.2. The van der Waals surface area contributed by atoms with Crippen LogP contribution in [-0.2, 0) is 0 Å². The van der Waals surface area contributed by atoms with Crippen molar-refractivity contribution in [3.05, 3.63) is 64.0 Å². The van der Waals surface area contributed by atoms with E-state index in [1.807, 2.05) is 24.3 Å². The number of thiol groups is 1. The molecule has 0 unspecified atom stereocenters. The molecule has 0 aromatic heterocycles. The first-order chi connectivity index (χ1) is 11.8. The zero-order valence-electron chi connectivity index (χ0n) is 13.3. The Morgan fingerprint density at radius 1 is 1.08 bits per heavy atom. The minimum atomic E-state index is 0.882. The lowest BCUT2D eigenvalue weighted by Crippen LogP contribution is -2.17. The van der Waals surface area contributed by atoms with E-state index in [2.05, 4.69) is 68.0 Å². The van der Waals surface area contributed by atoms with E-state index in [1.165, 1.54) is 18.5 Å². The first kappa shape index (κ1) is 17.1. The fourth-order valence-electron chi connectivity index (χ4n) is 2.75. The van der Waals surface area contributed by atoms with Crippen molar-refractivity contribution in [1.29, 1.82) is 0 Å². The third-order valence-corrected chi connectivity index (χ3v) is 4.98. The monoisotopic (exact) mass is 401 g/mol. The highest BCUT2D eigenvalue weighted by atomic mass is 79.9. The van der Waals surface area contributed by atoms with Crippen LogP contribution in [0.25, 0.3) is 5.70 Å². The number of anilines is 1. The van der Waals surface area contributed by atoms with Gasteiger partial charge in [0.05, 0.1) is 17.7 Å². The summed E-state index contributed by atoms with van der Waals surface area (Å²) in [5.74, 6) is 0. The first-order valence-corrected chi connectivity index (χ1v) is 9.32. The molecular weight excluding hydrogens is 382 g/mol. The molecule has 0 atom stereocenters. The molecule has 124 valence electrons. The third kappa shape index (κ3) is 4.22. The fourth-order valence-corrected chi connectivity index (χ4v) is 3.36. The van der Waals surface area contributed by atoms with Crippen LogP contribution in [0.4, 0.5) is 11.4 Å². The Balaban J connectivity index is 1.67. The van der Waals surface area contributed by atoms with Crippen LogP contribution < -0.4 is 10.2 Å². The third-order valence-electron chi connectivity index (χ3n) is 4.05. The Hall–Kier alpha value is -1.72. The van der Waals surface area contributed by atoms with Crippen molar-refractivity contribution < 1.29 is 0 Å². The van der Waals surface area contributed by atoms with Gasteiger partial charge in [0.25, 0.3) is 0 Å². The molecular formula is C19H20BrN3S. The van der Waals surface area contributed by atoms with E-state index in [9.17, 15) is 0 Å². The van der Waals surface area contributed by atoms with Crippen LogP contribution >= 0.6 is 28.6 Å². The Labute approximate surface area is 157 Å². The summed E-state index contributed by atoms with van der Waals surface area (Å²) in [6.45, 7) is 2.32. The smallest absolute Gasteiger partial charge is 0.0931 e. The lowest BCUT2D eigenvalue weighted by atomic mass is 10.1. The number of para-hydroxylation sites is 1. The molecule has 2 aromatic carbocycles. The molecule has 0 radical (unpaired) electrons. The predicted octanol–water partition coefficient (Wildman–Crippen LogP) is 5.23. The second-order valence-corrected chi connectivity index (χ2v) is 6.75. The average molecular weight is 402 g/mol. The molecule has 1 aliphatic rings. The largest absolute Gasteiger partial charge is 0.372 e. The Kier molecular flexibility index (Phi) is 5.99. The van der Waals surface area contributed by atoms with Crippen LogP contribution in [0.1, 0.15) is 18.4 Å². The van der Waals surface area contributed by atoms with E-state index in [1.54, 1.807) is 11.7 Å². The van der Waals surface area contributed by atoms with Gasteiger partial charge in [-0.2, -0.15) is 0 Å². The molecule has 3 nitrogen and oxygen atoms in total. The number of nitrogens with zero attached hydrogens (tertiary/aromatic N) is 2. The molecule has 5 heteroatoms. The van der Waals surface area contributed by atoms with Crippen molar-refractivity contribution in [3.63, 3.8) is 0 Å². The molecule has 1 heterocycles. The highest BCUT2D eigenvalue weighted by molar-refractivity contribution is 9.10. The second kappa shape index (κ2) is 8.40. The molecule has 0 bridgehead atoms. The first-order valence-electron chi connectivity index (χ1n) is 8.01. The SMILES string of the molecule is S/C=C(\NC=Nc1ccccc1Br)c1ccc(N2CCCC2)cc1. The number of hydrogen-bond acceptors (Lipinski definition) is 3. The van der Waals surface area contributed by atoms with Gasteiger partial charge >= 0.3 is 0 Å². The van der Waals surface area contributed by atoms with E-state index < -0.39 is 0 Å². The molecule has 24 heavy (non-hydrogen) atoms. The molecule has 1 saturated heterocycles. The summed E-state index contributed by atoms with van der Waals surface area (Å²) >= 11 is 7.80. The Morgan fingerprint density at radius 3 is 2.46 bits per heavy atom. The van der Waals surface area contributed by atoms with E-state index in [0.29, 0.717) is 0 Å². The van der Waals surface area contributed by atoms with Gasteiger partial charge in [0.15, 0.2) is 0 Å². The molecule has 1 N–H and O–H groups in total. The summed E-state index contributed by atoms with van der Waals surface area (Å²) in [5.41, 5.74) is 4.18. The fraction of sp³-hybridized carbons (Fsp3) is 0.211. The highest BCUT2D eigenvalue weighted by Crippen LogP contribution is 2.24. The van der Waals surface area contributed by atoms with Gasteiger partial charge in [-0.1, -0.05) is 24.3 Å². The summed E-state index contributed by atoms with van der Waals surface area (Å²) in [4.78, 5) is 6.86. The van der Waals surface area contributed by atoms with E-state index >= 15 is 0 Å². The maximum atomic E-state index is 4.43. The zero-order chi connectivity index (χ0) is 16.8. The van der Waals surface area contributed by atoms with Gasteiger partial charge in [0.1, 0.15) is 0 Å². The molecule has 1 aliphatic heterocycles.